The maximum Gasteiger partial charge on any atom is 0.231 e. The van der Waals surface area contributed by atoms with Crippen molar-refractivity contribution in [2.45, 2.75) is 37.4 Å². The van der Waals surface area contributed by atoms with Crippen LogP contribution in [0.15, 0.2) is 41.6 Å². The Bertz CT molecular complexity index is 814. The van der Waals surface area contributed by atoms with E-state index < -0.39 is 5.54 Å². The van der Waals surface area contributed by atoms with E-state index in [0.29, 0.717) is 5.16 Å². The molecular formula is C19H20N4OS. The summed E-state index contributed by atoms with van der Waals surface area (Å²) < 4.78 is 0. The molecule has 1 aliphatic carbocycles. The molecule has 6 heteroatoms. The summed E-state index contributed by atoms with van der Waals surface area (Å²) >= 11 is 1.29. The van der Waals surface area contributed by atoms with E-state index in [4.69, 9.17) is 0 Å². The molecule has 1 aromatic carbocycles. The molecule has 1 N–H and O–H groups in total. The van der Waals surface area contributed by atoms with Gasteiger partial charge >= 0.3 is 0 Å². The van der Waals surface area contributed by atoms with Crippen LogP contribution in [-0.2, 0) is 4.79 Å². The normalized spacial score (nSPS) is 15.9. The number of aromatic nitrogens is 2. The van der Waals surface area contributed by atoms with E-state index in [-0.39, 0.29) is 17.6 Å². The summed E-state index contributed by atoms with van der Waals surface area (Å²) in [6.45, 7) is 3.71. The highest BCUT2D eigenvalue weighted by atomic mass is 32.2. The van der Waals surface area contributed by atoms with Gasteiger partial charge in [0, 0.05) is 11.3 Å². The van der Waals surface area contributed by atoms with Crippen molar-refractivity contribution in [2.75, 3.05) is 5.75 Å². The molecule has 2 aromatic rings. The number of aryl methyl sites for hydroxylation is 1. The van der Waals surface area contributed by atoms with Gasteiger partial charge in [0.1, 0.15) is 5.54 Å². The van der Waals surface area contributed by atoms with Crippen molar-refractivity contribution in [3.05, 3.63) is 42.1 Å². The summed E-state index contributed by atoms with van der Waals surface area (Å²) in [6.07, 6.45) is 2.00. The number of nitrogens with one attached hydrogen (secondary N) is 1. The van der Waals surface area contributed by atoms with E-state index in [9.17, 15) is 10.1 Å². The molecule has 0 radical (unpaired) electrons. The molecule has 1 heterocycles. The van der Waals surface area contributed by atoms with Crippen LogP contribution in [0.2, 0.25) is 0 Å². The lowest BCUT2D eigenvalue weighted by Crippen LogP contribution is -2.47. The van der Waals surface area contributed by atoms with Gasteiger partial charge in [0.2, 0.25) is 5.91 Å². The van der Waals surface area contributed by atoms with Crippen molar-refractivity contribution >= 4 is 17.7 Å². The predicted molar refractivity (Wildman–Crippen MR) is 97.8 cm³/mol. The van der Waals surface area contributed by atoms with Crippen LogP contribution in [0.5, 0.6) is 0 Å². The molecule has 0 spiro atoms. The Balaban J connectivity index is 1.66. The fourth-order valence-corrected chi connectivity index (χ4v) is 3.40. The van der Waals surface area contributed by atoms with Gasteiger partial charge in [-0.25, -0.2) is 9.97 Å². The van der Waals surface area contributed by atoms with Gasteiger partial charge in [0.05, 0.1) is 17.5 Å². The number of hydrogen-bond acceptors (Lipinski definition) is 5. The van der Waals surface area contributed by atoms with Crippen molar-refractivity contribution in [1.29, 1.82) is 5.26 Å². The number of benzene rings is 1. The molecular weight excluding hydrogens is 332 g/mol. The standard InChI is InChI=1S/C19H20N4OS/c1-13-10-16(14-6-4-3-5-7-14)22-18(21-13)25-11-17(24)23-19(2,12-20)15-8-9-15/h3-7,10,15H,8-9,11H2,1-2H3,(H,23,24)/t19-/m0/s1. The summed E-state index contributed by atoms with van der Waals surface area (Å²) in [5.41, 5.74) is 1.96. The van der Waals surface area contributed by atoms with Crippen LogP contribution in [0.25, 0.3) is 11.3 Å². The molecule has 0 saturated heterocycles. The molecule has 1 amide bonds. The fourth-order valence-electron chi connectivity index (χ4n) is 2.70. The van der Waals surface area contributed by atoms with Crippen LogP contribution in [-0.4, -0.2) is 27.2 Å². The van der Waals surface area contributed by atoms with Crippen molar-refractivity contribution in [3.63, 3.8) is 0 Å². The van der Waals surface area contributed by atoms with E-state index in [1.165, 1.54) is 11.8 Å². The zero-order chi connectivity index (χ0) is 17.9. The van der Waals surface area contributed by atoms with Crippen LogP contribution in [0, 0.1) is 24.2 Å². The second-order valence-electron chi connectivity index (χ2n) is 6.47. The first-order valence-electron chi connectivity index (χ1n) is 8.26. The lowest BCUT2D eigenvalue weighted by atomic mass is 9.98. The maximum absolute atomic E-state index is 12.2. The van der Waals surface area contributed by atoms with Gasteiger partial charge in [-0.05, 0) is 38.7 Å². The smallest absolute Gasteiger partial charge is 0.231 e. The zero-order valence-electron chi connectivity index (χ0n) is 14.3. The average Bonchev–Trinajstić information content (AvgIpc) is 3.46. The zero-order valence-corrected chi connectivity index (χ0v) is 15.1. The fraction of sp³-hybridized carbons (Fsp3) is 0.368. The van der Waals surface area contributed by atoms with Crippen molar-refractivity contribution < 1.29 is 4.79 Å². The number of rotatable bonds is 6. The topological polar surface area (TPSA) is 78.7 Å². The van der Waals surface area contributed by atoms with E-state index in [2.05, 4.69) is 21.4 Å². The van der Waals surface area contributed by atoms with Gasteiger partial charge in [0.15, 0.2) is 5.16 Å². The molecule has 3 rings (SSSR count). The highest BCUT2D eigenvalue weighted by Gasteiger charge is 2.42. The molecule has 5 nitrogen and oxygen atoms in total. The Labute approximate surface area is 151 Å². The summed E-state index contributed by atoms with van der Waals surface area (Å²) in [6, 6.07) is 14.1. The molecule has 1 saturated carbocycles. The SMILES string of the molecule is Cc1cc(-c2ccccc2)nc(SCC(=O)N[C@@](C)(C#N)C2CC2)n1. The number of thioether (sulfide) groups is 1. The van der Waals surface area contributed by atoms with Crippen LogP contribution >= 0.6 is 11.8 Å². The third kappa shape index (κ3) is 4.37. The quantitative estimate of drug-likeness (QED) is 0.637. The van der Waals surface area contributed by atoms with Crippen LogP contribution in [0.1, 0.15) is 25.5 Å². The molecule has 1 atom stereocenters. The molecule has 1 aromatic heterocycles. The lowest BCUT2D eigenvalue weighted by Gasteiger charge is -2.22. The minimum absolute atomic E-state index is 0.160. The Morgan fingerprint density at radius 2 is 2.08 bits per heavy atom. The van der Waals surface area contributed by atoms with Crippen LogP contribution < -0.4 is 5.32 Å². The lowest BCUT2D eigenvalue weighted by molar-refractivity contribution is -0.119. The Hall–Kier alpha value is -2.39. The maximum atomic E-state index is 12.2. The third-order valence-corrected chi connectivity index (χ3v) is 5.11. The summed E-state index contributed by atoms with van der Waals surface area (Å²) in [5, 5.41) is 12.8. The van der Waals surface area contributed by atoms with Gasteiger partial charge in [-0.1, -0.05) is 42.1 Å². The summed E-state index contributed by atoms with van der Waals surface area (Å²) in [5.74, 6) is 0.306. The van der Waals surface area contributed by atoms with Crippen LogP contribution in [0.3, 0.4) is 0 Å². The van der Waals surface area contributed by atoms with E-state index in [1.807, 2.05) is 43.3 Å². The van der Waals surface area contributed by atoms with Crippen molar-refractivity contribution in [1.82, 2.24) is 15.3 Å². The van der Waals surface area contributed by atoms with Gasteiger partial charge in [0.25, 0.3) is 0 Å². The molecule has 1 aliphatic rings. The number of amides is 1. The first-order valence-corrected chi connectivity index (χ1v) is 9.25. The molecule has 0 aliphatic heterocycles. The Morgan fingerprint density at radius 1 is 1.36 bits per heavy atom. The van der Waals surface area contributed by atoms with Gasteiger partial charge < -0.3 is 5.32 Å². The molecule has 1 fully saturated rings. The van der Waals surface area contributed by atoms with Crippen molar-refractivity contribution in [3.8, 4) is 17.3 Å². The summed E-state index contributed by atoms with van der Waals surface area (Å²) in [4.78, 5) is 21.2. The number of nitriles is 1. The highest BCUT2D eigenvalue weighted by molar-refractivity contribution is 7.99. The first kappa shape index (κ1) is 17.4. The van der Waals surface area contributed by atoms with E-state index >= 15 is 0 Å². The van der Waals surface area contributed by atoms with Crippen LogP contribution in [0.4, 0.5) is 0 Å². The number of nitrogens with zero attached hydrogens (tertiary/aromatic N) is 3. The minimum atomic E-state index is -0.764. The Kier molecular flexibility index (Phi) is 5.05. The molecule has 0 unspecified atom stereocenters. The monoisotopic (exact) mass is 352 g/mol. The number of carbonyl (C=O) groups excluding carboxylic acids is 1. The van der Waals surface area contributed by atoms with E-state index in [1.54, 1.807) is 6.92 Å². The summed E-state index contributed by atoms with van der Waals surface area (Å²) in [7, 11) is 0. The number of carbonyl (C=O) groups is 1. The molecule has 128 valence electrons. The number of hydrogen-bond donors (Lipinski definition) is 1. The largest absolute Gasteiger partial charge is 0.337 e. The highest BCUT2D eigenvalue weighted by Crippen LogP contribution is 2.39. The molecule has 25 heavy (non-hydrogen) atoms. The average molecular weight is 352 g/mol. The first-order chi connectivity index (χ1) is 12.0. The van der Waals surface area contributed by atoms with Gasteiger partial charge in [-0.2, -0.15) is 5.26 Å². The van der Waals surface area contributed by atoms with Gasteiger partial charge in [-0.15, -0.1) is 0 Å². The van der Waals surface area contributed by atoms with Gasteiger partial charge in [-0.3, -0.25) is 4.79 Å². The van der Waals surface area contributed by atoms with Crippen molar-refractivity contribution in [2.24, 2.45) is 5.92 Å². The molecule has 0 bridgehead atoms. The van der Waals surface area contributed by atoms with E-state index in [0.717, 1.165) is 29.8 Å². The Morgan fingerprint density at radius 3 is 2.72 bits per heavy atom. The third-order valence-electron chi connectivity index (χ3n) is 4.26. The predicted octanol–water partition coefficient (Wildman–Crippen LogP) is 3.35. The second-order valence-corrected chi connectivity index (χ2v) is 7.41. The second kappa shape index (κ2) is 7.24. The minimum Gasteiger partial charge on any atom is -0.337 e.